The fourth-order valence-corrected chi connectivity index (χ4v) is 2.72. The van der Waals surface area contributed by atoms with Crippen LogP contribution in [0.15, 0.2) is 24.3 Å². The Labute approximate surface area is 132 Å². The number of anilines is 2. The lowest BCUT2D eigenvalue weighted by Crippen LogP contribution is -2.46. The van der Waals surface area contributed by atoms with E-state index in [-0.39, 0.29) is 12.6 Å². The third-order valence-electron chi connectivity index (χ3n) is 4.04. The highest BCUT2D eigenvalue weighted by Crippen LogP contribution is 2.21. The molecule has 5 nitrogen and oxygen atoms in total. The number of nitrogens with zero attached hydrogens (tertiary/aromatic N) is 1. The molecule has 1 saturated heterocycles. The predicted molar refractivity (Wildman–Crippen MR) is 90.4 cm³/mol. The summed E-state index contributed by atoms with van der Waals surface area (Å²) in [5.41, 5.74) is 1.57. The van der Waals surface area contributed by atoms with Crippen molar-refractivity contribution >= 4 is 17.4 Å². The molecule has 3 N–H and O–H groups in total. The Morgan fingerprint density at radius 3 is 2.41 bits per heavy atom. The van der Waals surface area contributed by atoms with Gasteiger partial charge in [0.05, 0.1) is 0 Å². The first kappa shape index (κ1) is 16.6. The predicted octanol–water partition coefficient (Wildman–Crippen LogP) is 2.96. The average Bonchev–Trinajstić information content (AvgIpc) is 2.48. The highest BCUT2D eigenvalue weighted by molar-refractivity contribution is 5.89. The van der Waals surface area contributed by atoms with Gasteiger partial charge in [0.15, 0.2) is 0 Å². The fourth-order valence-electron chi connectivity index (χ4n) is 2.72. The fraction of sp³-hybridized carbons (Fsp3) is 0.588. The molecule has 1 aromatic rings. The van der Waals surface area contributed by atoms with E-state index in [0.717, 1.165) is 18.8 Å². The Kier molecular flexibility index (Phi) is 5.66. The standard InChI is InChI=1S/C17H27N3O2/c1-17(2,10-13-21)19-16(22)18-14-6-8-15(9-7-14)20-11-4-3-5-12-20/h6-9,21H,3-5,10-13H2,1-2H3,(H2,18,19,22). The molecule has 0 bridgehead atoms. The van der Waals surface area contributed by atoms with Crippen LogP contribution in [0.5, 0.6) is 0 Å². The number of rotatable bonds is 5. The number of hydrogen-bond acceptors (Lipinski definition) is 3. The van der Waals surface area contributed by atoms with Crippen molar-refractivity contribution in [3.05, 3.63) is 24.3 Å². The quantitative estimate of drug-likeness (QED) is 0.783. The number of piperidine rings is 1. The molecule has 1 aromatic carbocycles. The molecule has 1 aliphatic heterocycles. The number of amides is 2. The number of urea groups is 1. The van der Waals surface area contributed by atoms with Crippen molar-refractivity contribution in [3.63, 3.8) is 0 Å². The molecule has 0 aliphatic carbocycles. The van der Waals surface area contributed by atoms with Crippen molar-refractivity contribution in [2.75, 3.05) is 29.9 Å². The van der Waals surface area contributed by atoms with Crippen LogP contribution in [-0.4, -0.2) is 36.4 Å². The van der Waals surface area contributed by atoms with Crippen molar-refractivity contribution in [1.29, 1.82) is 0 Å². The third-order valence-corrected chi connectivity index (χ3v) is 4.04. The van der Waals surface area contributed by atoms with Gasteiger partial charge in [0.25, 0.3) is 0 Å². The summed E-state index contributed by atoms with van der Waals surface area (Å²) in [6, 6.07) is 7.73. The van der Waals surface area contributed by atoms with Crippen LogP contribution in [0.4, 0.5) is 16.2 Å². The minimum atomic E-state index is -0.424. The van der Waals surface area contributed by atoms with E-state index >= 15 is 0 Å². The van der Waals surface area contributed by atoms with E-state index in [0.29, 0.717) is 6.42 Å². The molecule has 2 rings (SSSR count). The van der Waals surface area contributed by atoms with Crippen LogP contribution in [0.25, 0.3) is 0 Å². The van der Waals surface area contributed by atoms with E-state index < -0.39 is 5.54 Å². The second-order valence-electron chi connectivity index (χ2n) is 6.53. The van der Waals surface area contributed by atoms with Crippen molar-refractivity contribution in [2.45, 2.75) is 45.1 Å². The average molecular weight is 305 g/mol. The topological polar surface area (TPSA) is 64.6 Å². The molecule has 1 heterocycles. The van der Waals surface area contributed by atoms with Crippen molar-refractivity contribution in [1.82, 2.24) is 5.32 Å². The molecule has 0 unspecified atom stereocenters. The van der Waals surface area contributed by atoms with Gasteiger partial charge in [-0.15, -0.1) is 0 Å². The highest BCUT2D eigenvalue weighted by Gasteiger charge is 2.19. The summed E-state index contributed by atoms with van der Waals surface area (Å²) in [6.07, 6.45) is 4.35. The van der Waals surface area contributed by atoms with E-state index in [9.17, 15) is 4.79 Å². The second-order valence-corrected chi connectivity index (χ2v) is 6.53. The molecule has 2 amide bonds. The Morgan fingerprint density at radius 1 is 1.18 bits per heavy atom. The van der Waals surface area contributed by atoms with E-state index in [1.165, 1.54) is 24.9 Å². The van der Waals surface area contributed by atoms with Gasteiger partial charge >= 0.3 is 6.03 Å². The number of benzene rings is 1. The van der Waals surface area contributed by atoms with Crippen LogP contribution >= 0.6 is 0 Å². The first-order chi connectivity index (χ1) is 10.5. The Balaban J connectivity index is 1.89. The lowest BCUT2D eigenvalue weighted by molar-refractivity contribution is 0.218. The zero-order chi connectivity index (χ0) is 16.0. The van der Waals surface area contributed by atoms with Crippen LogP contribution in [0.3, 0.4) is 0 Å². The SMILES string of the molecule is CC(C)(CCO)NC(=O)Nc1ccc(N2CCCCC2)cc1. The molecule has 0 radical (unpaired) electrons. The zero-order valence-electron chi connectivity index (χ0n) is 13.6. The maximum atomic E-state index is 12.0. The summed E-state index contributed by atoms with van der Waals surface area (Å²) >= 11 is 0. The smallest absolute Gasteiger partial charge is 0.319 e. The molecule has 0 atom stereocenters. The molecule has 1 fully saturated rings. The summed E-state index contributed by atoms with van der Waals surface area (Å²) in [7, 11) is 0. The number of carbonyl (C=O) groups excluding carboxylic acids is 1. The lowest BCUT2D eigenvalue weighted by Gasteiger charge is -2.29. The van der Waals surface area contributed by atoms with Crippen LogP contribution in [0, 0.1) is 0 Å². The van der Waals surface area contributed by atoms with Crippen molar-refractivity contribution in [3.8, 4) is 0 Å². The summed E-state index contributed by atoms with van der Waals surface area (Å²) in [6.45, 7) is 6.06. The maximum Gasteiger partial charge on any atom is 0.319 e. The van der Waals surface area contributed by atoms with Crippen molar-refractivity contribution in [2.24, 2.45) is 0 Å². The number of hydrogen-bond donors (Lipinski definition) is 3. The summed E-state index contributed by atoms with van der Waals surface area (Å²) < 4.78 is 0. The first-order valence-electron chi connectivity index (χ1n) is 8.05. The van der Waals surface area contributed by atoms with E-state index in [1.807, 2.05) is 26.0 Å². The van der Waals surface area contributed by atoms with Gasteiger partial charge in [-0.2, -0.15) is 0 Å². The van der Waals surface area contributed by atoms with Gasteiger partial charge < -0.3 is 20.6 Å². The van der Waals surface area contributed by atoms with Gasteiger partial charge in [0.2, 0.25) is 0 Å². The molecular formula is C17H27N3O2. The van der Waals surface area contributed by atoms with Gasteiger partial charge in [0.1, 0.15) is 0 Å². The number of aliphatic hydroxyl groups excluding tert-OH is 1. The lowest BCUT2D eigenvalue weighted by atomic mass is 10.0. The summed E-state index contributed by atoms with van der Waals surface area (Å²) in [5, 5.41) is 14.7. The minimum absolute atomic E-state index is 0.0534. The molecule has 22 heavy (non-hydrogen) atoms. The Bertz CT molecular complexity index is 479. The highest BCUT2D eigenvalue weighted by atomic mass is 16.3. The molecule has 5 heteroatoms. The van der Waals surface area contributed by atoms with Crippen LogP contribution in [0.2, 0.25) is 0 Å². The molecule has 0 spiro atoms. The van der Waals surface area contributed by atoms with Crippen LogP contribution in [0.1, 0.15) is 39.5 Å². The zero-order valence-corrected chi connectivity index (χ0v) is 13.6. The summed E-state index contributed by atoms with van der Waals surface area (Å²) in [5.74, 6) is 0. The van der Waals surface area contributed by atoms with Gasteiger partial charge in [-0.3, -0.25) is 0 Å². The number of aliphatic hydroxyl groups is 1. The molecule has 1 aliphatic rings. The van der Waals surface area contributed by atoms with Gasteiger partial charge in [0, 0.05) is 36.6 Å². The minimum Gasteiger partial charge on any atom is -0.396 e. The molecule has 0 saturated carbocycles. The van der Waals surface area contributed by atoms with Gasteiger partial charge in [-0.1, -0.05) is 0 Å². The largest absolute Gasteiger partial charge is 0.396 e. The van der Waals surface area contributed by atoms with Gasteiger partial charge in [-0.25, -0.2) is 4.79 Å². The third kappa shape index (κ3) is 4.91. The monoisotopic (exact) mass is 305 g/mol. The first-order valence-corrected chi connectivity index (χ1v) is 8.05. The van der Waals surface area contributed by atoms with E-state index in [1.54, 1.807) is 0 Å². The Morgan fingerprint density at radius 2 is 1.82 bits per heavy atom. The molecule has 122 valence electrons. The number of nitrogens with one attached hydrogen (secondary N) is 2. The second kappa shape index (κ2) is 7.49. The maximum absolute atomic E-state index is 12.0. The van der Waals surface area contributed by atoms with Gasteiger partial charge in [-0.05, 0) is 63.8 Å². The van der Waals surface area contributed by atoms with Crippen LogP contribution in [-0.2, 0) is 0 Å². The molecular weight excluding hydrogens is 278 g/mol. The van der Waals surface area contributed by atoms with Crippen molar-refractivity contribution < 1.29 is 9.90 Å². The van der Waals surface area contributed by atoms with E-state index in [4.69, 9.17) is 5.11 Å². The normalized spacial score (nSPS) is 15.5. The summed E-state index contributed by atoms with van der Waals surface area (Å²) in [4.78, 5) is 14.4. The Hall–Kier alpha value is -1.75. The number of carbonyl (C=O) groups is 1. The van der Waals surface area contributed by atoms with Crippen LogP contribution < -0.4 is 15.5 Å². The molecule has 0 aromatic heterocycles. The van der Waals surface area contributed by atoms with E-state index in [2.05, 4.69) is 27.7 Å².